The Labute approximate surface area is 130 Å². The van der Waals surface area contributed by atoms with Crippen LogP contribution in [0, 0.1) is 0 Å². The molecule has 4 rings (SSSR count). The first kappa shape index (κ1) is 13.4. The van der Waals surface area contributed by atoms with Crippen molar-refractivity contribution in [2.45, 2.75) is 6.54 Å². The molecule has 0 atom stereocenters. The molecule has 114 valence electrons. The molecule has 2 heterocycles. The van der Waals surface area contributed by atoms with E-state index in [1.54, 1.807) is 30.3 Å². The molecular weight excluding hydrogens is 296 g/mol. The van der Waals surface area contributed by atoms with Gasteiger partial charge in [-0.1, -0.05) is 30.3 Å². The van der Waals surface area contributed by atoms with Gasteiger partial charge in [0.15, 0.2) is 0 Å². The number of aromatic hydroxyl groups is 1. The van der Waals surface area contributed by atoms with E-state index in [0.29, 0.717) is 16.5 Å². The molecule has 6 heteroatoms. The molecule has 0 radical (unpaired) electrons. The van der Waals surface area contributed by atoms with Crippen LogP contribution in [0.3, 0.4) is 0 Å². The summed E-state index contributed by atoms with van der Waals surface area (Å²) in [6, 6.07) is 10.6. The van der Waals surface area contributed by atoms with Crippen molar-refractivity contribution >= 4 is 28.4 Å². The SMILES string of the molecule is C=CCn1oc(O)c1N1C(=O)c2cccc3cccc(c23)C1=O. The highest BCUT2D eigenvalue weighted by atomic mass is 16.6. The summed E-state index contributed by atoms with van der Waals surface area (Å²) < 4.78 is 6.20. The third-order valence-corrected chi connectivity index (χ3v) is 3.90. The van der Waals surface area contributed by atoms with Crippen molar-refractivity contribution in [3.8, 4) is 5.95 Å². The first-order valence-corrected chi connectivity index (χ1v) is 7.03. The maximum atomic E-state index is 12.8. The van der Waals surface area contributed by atoms with E-state index in [9.17, 15) is 14.7 Å². The largest absolute Gasteiger partial charge is 0.477 e. The molecule has 0 unspecified atom stereocenters. The van der Waals surface area contributed by atoms with Crippen LogP contribution in [0.2, 0.25) is 0 Å². The molecule has 0 bridgehead atoms. The van der Waals surface area contributed by atoms with Crippen LogP contribution in [0.4, 0.5) is 5.82 Å². The molecule has 0 spiro atoms. The third-order valence-electron chi connectivity index (χ3n) is 3.90. The van der Waals surface area contributed by atoms with Crippen molar-refractivity contribution in [2.75, 3.05) is 4.90 Å². The lowest BCUT2D eigenvalue weighted by Gasteiger charge is -2.29. The predicted molar refractivity (Wildman–Crippen MR) is 83.6 cm³/mol. The Morgan fingerprint density at radius 2 is 1.70 bits per heavy atom. The van der Waals surface area contributed by atoms with E-state index in [0.717, 1.165) is 10.3 Å². The van der Waals surface area contributed by atoms with Gasteiger partial charge in [0.05, 0.1) is 6.54 Å². The Morgan fingerprint density at radius 1 is 1.09 bits per heavy atom. The molecule has 0 saturated heterocycles. The third kappa shape index (κ3) is 1.69. The number of carbonyl (C=O) groups is 2. The quantitative estimate of drug-likeness (QED) is 0.596. The van der Waals surface area contributed by atoms with Crippen LogP contribution >= 0.6 is 0 Å². The molecule has 0 fully saturated rings. The number of anilines is 1. The van der Waals surface area contributed by atoms with Crippen molar-refractivity contribution in [1.82, 2.24) is 4.74 Å². The van der Waals surface area contributed by atoms with Crippen LogP contribution in [0.15, 0.2) is 53.6 Å². The second kappa shape index (κ2) is 4.61. The molecule has 23 heavy (non-hydrogen) atoms. The molecule has 2 aromatic carbocycles. The van der Waals surface area contributed by atoms with E-state index in [4.69, 9.17) is 4.52 Å². The summed E-state index contributed by atoms with van der Waals surface area (Å²) in [5.74, 6) is -1.40. The molecule has 2 amide bonds. The van der Waals surface area contributed by atoms with Gasteiger partial charge in [-0.25, -0.2) is 4.90 Å². The standard InChI is InChI=1S/C17H12N2O4/c1-2-9-18-14(17(22)23-18)19-15(20)11-7-3-5-10-6-4-8-12(13(10)11)16(19)21/h2-8,22H,1,9H2. The van der Waals surface area contributed by atoms with Gasteiger partial charge in [-0.2, -0.15) is 4.74 Å². The van der Waals surface area contributed by atoms with Gasteiger partial charge in [-0.3, -0.25) is 9.59 Å². The van der Waals surface area contributed by atoms with Gasteiger partial charge < -0.3 is 9.63 Å². The highest BCUT2D eigenvalue weighted by Crippen LogP contribution is 2.38. The zero-order valence-electron chi connectivity index (χ0n) is 12.0. The summed E-state index contributed by atoms with van der Waals surface area (Å²) in [5.41, 5.74) is 0.840. The van der Waals surface area contributed by atoms with Crippen LogP contribution in [-0.2, 0) is 6.54 Å². The zero-order chi connectivity index (χ0) is 16.1. The zero-order valence-corrected chi connectivity index (χ0v) is 12.0. The smallest absolute Gasteiger partial charge is 0.349 e. The fourth-order valence-corrected chi connectivity index (χ4v) is 2.93. The van der Waals surface area contributed by atoms with Crippen LogP contribution in [-0.4, -0.2) is 21.7 Å². The number of benzene rings is 2. The fourth-order valence-electron chi connectivity index (χ4n) is 2.93. The summed E-state index contributed by atoms with van der Waals surface area (Å²) in [6.45, 7) is 3.82. The van der Waals surface area contributed by atoms with Gasteiger partial charge in [0, 0.05) is 16.5 Å². The van der Waals surface area contributed by atoms with Crippen LogP contribution in [0.1, 0.15) is 20.7 Å². The number of imide groups is 1. The summed E-state index contributed by atoms with van der Waals surface area (Å²) >= 11 is 0. The van der Waals surface area contributed by atoms with Gasteiger partial charge in [0.1, 0.15) is 0 Å². The minimum Gasteiger partial charge on any atom is -0.477 e. The van der Waals surface area contributed by atoms with Crippen molar-refractivity contribution in [2.24, 2.45) is 0 Å². The lowest BCUT2D eigenvalue weighted by Crippen LogP contribution is -2.42. The predicted octanol–water partition coefficient (Wildman–Crippen LogP) is 2.93. The molecule has 1 aromatic heterocycles. The average Bonchev–Trinajstić information content (AvgIpc) is 2.56. The van der Waals surface area contributed by atoms with E-state index < -0.39 is 17.8 Å². The molecular formula is C17H12N2O4. The topological polar surface area (TPSA) is 75.7 Å². The van der Waals surface area contributed by atoms with Gasteiger partial charge in [0.2, 0.25) is 5.82 Å². The van der Waals surface area contributed by atoms with Crippen molar-refractivity contribution in [1.29, 1.82) is 0 Å². The van der Waals surface area contributed by atoms with Gasteiger partial charge in [-0.15, -0.1) is 6.58 Å². The average molecular weight is 308 g/mol. The number of nitrogens with zero attached hydrogens (tertiary/aromatic N) is 2. The van der Waals surface area contributed by atoms with Gasteiger partial charge in [0.25, 0.3) is 11.8 Å². The fraction of sp³-hybridized carbons (Fsp3) is 0.0588. The van der Waals surface area contributed by atoms with Gasteiger partial charge >= 0.3 is 5.95 Å². The molecule has 3 aromatic rings. The minimum absolute atomic E-state index is 0.0337. The number of carbonyl (C=O) groups excluding carboxylic acids is 2. The summed E-state index contributed by atoms with van der Waals surface area (Å²) in [5, 5.41) is 11.2. The van der Waals surface area contributed by atoms with Crippen molar-refractivity contribution < 1.29 is 19.2 Å². The Morgan fingerprint density at radius 3 is 2.22 bits per heavy atom. The van der Waals surface area contributed by atoms with Crippen LogP contribution in [0.5, 0.6) is 5.95 Å². The molecule has 1 aliphatic rings. The van der Waals surface area contributed by atoms with E-state index in [1.807, 2.05) is 12.1 Å². The second-order valence-corrected chi connectivity index (χ2v) is 5.22. The number of allylic oxidation sites excluding steroid dienone is 1. The van der Waals surface area contributed by atoms with E-state index in [1.165, 1.54) is 4.74 Å². The van der Waals surface area contributed by atoms with Gasteiger partial charge in [-0.05, 0) is 17.5 Å². The number of aromatic nitrogens is 1. The van der Waals surface area contributed by atoms with E-state index >= 15 is 0 Å². The van der Waals surface area contributed by atoms with Crippen LogP contribution < -0.4 is 4.90 Å². The van der Waals surface area contributed by atoms with E-state index in [2.05, 4.69) is 6.58 Å². The minimum atomic E-state index is -0.488. The maximum Gasteiger partial charge on any atom is 0.349 e. The highest BCUT2D eigenvalue weighted by Gasteiger charge is 2.39. The monoisotopic (exact) mass is 308 g/mol. The first-order chi connectivity index (χ1) is 11.1. The normalized spacial score (nSPS) is 13.8. The Bertz CT molecular complexity index is 929. The van der Waals surface area contributed by atoms with Crippen LogP contribution in [0.25, 0.3) is 10.8 Å². The maximum absolute atomic E-state index is 12.8. The number of rotatable bonds is 3. The Kier molecular flexibility index (Phi) is 2.68. The Hall–Kier alpha value is -3.28. The number of hydrogen-bond acceptors (Lipinski definition) is 4. The molecule has 1 N–H and O–H groups in total. The lowest BCUT2D eigenvalue weighted by molar-refractivity contribution is 0.0855. The lowest BCUT2D eigenvalue weighted by atomic mass is 9.94. The molecule has 0 aliphatic carbocycles. The van der Waals surface area contributed by atoms with E-state index in [-0.39, 0.29) is 12.4 Å². The molecule has 1 aliphatic heterocycles. The summed E-state index contributed by atoms with van der Waals surface area (Å²) in [7, 11) is 0. The summed E-state index contributed by atoms with van der Waals surface area (Å²) in [4.78, 5) is 26.5. The second-order valence-electron chi connectivity index (χ2n) is 5.22. The number of amides is 2. The molecule has 6 nitrogen and oxygen atoms in total. The van der Waals surface area contributed by atoms with Crippen molar-refractivity contribution in [3.05, 3.63) is 60.2 Å². The molecule has 0 saturated carbocycles. The summed E-state index contributed by atoms with van der Waals surface area (Å²) in [6.07, 6.45) is 1.54. The van der Waals surface area contributed by atoms with Crippen molar-refractivity contribution in [3.63, 3.8) is 0 Å². The highest BCUT2D eigenvalue weighted by molar-refractivity contribution is 6.35. The first-order valence-electron chi connectivity index (χ1n) is 7.03. The number of hydrogen-bond donors (Lipinski definition) is 1. The Balaban J connectivity index is 1.95.